The van der Waals surface area contributed by atoms with E-state index in [1.54, 1.807) is 0 Å². The molecule has 30 heavy (non-hydrogen) atoms. The van der Waals surface area contributed by atoms with Gasteiger partial charge >= 0.3 is 11.9 Å². The monoisotopic (exact) mass is 394 g/mol. The Morgan fingerprint density at radius 2 is 0.933 bits per heavy atom. The molecule has 5 rings (SSSR count). The van der Waals surface area contributed by atoms with Crippen LogP contribution in [0.4, 0.5) is 0 Å². The highest BCUT2D eigenvalue weighted by atomic mass is 16.5. The molecule has 0 amide bonds. The van der Waals surface area contributed by atoms with Crippen molar-refractivity contribution >= 4 is 55.0 Å². The molecule has 0 fully saturated rings. The highest BCUT2D eigenvalue weighted by Crippen LogP contribution is 2.40. The molecule has 0 heterocycles. The first kappa shape index (κ1) is 18.1. The van der Waals surface area contributed by atoms with Crippen LogP contribution in [0.25, 0.3) is 43.1 Å². The fourth-order valence-corrected chi connectivity index (χ4v) is 4.39. The zero-order valence-corrected chi connectivity index (χ0v) is 16.6. The van der Waals surface area contributed by atoms with Crippen molar-refractivity contribution in [3.05, 3.63) is 83.9 Å². The van der Waals surface area contributed by atoms with Crippen molar-refractivity contribution in [1.29, 1.82) is 0 Å². The van der Waals surface area contributed by atoms with Gasteiger partial charge in [0.05, 0.1) is 25.3 Å². The Morgan fingerprint density at radius 1 is 0.533 bits per heavy atom. The van der Waals surface area contributed by atoms with Gasteiger partial charge in [0.25, 0.3) is 0 Å². The minimum Gasteiger partial charge on any atom is -0.465 e. The van der Waals surface area contributed by atoms with Gasteiger partial charge in [-0.05, 0) is 32.3 Å². The van der Waals surface area contributed by atoms with E-state index >= 15 is 0 Å². The lowest BCUT2D eigenvalue weighted by Crippen LogP contribution is -2.14. The van der Waals surface area contributed by atoms with E-state index in [1.165, 1.54) is 14.2 Å². The van der Waals surface area contributed by atoms with Gasteiger partial charge in [0, 0.05) is 10.8 Å². The summed E-state index contributed by atoms with van der Waals surface area (Å²) in [6.45, 7) is 0. The Morgan fingerprint density at radius 3 is 1.33 bits per heavy atom. The molecular weight excluding hydrogens is 376 g/mol. The minimum atomic E-state index is -0.563. The lowest BCUT2D eigenvalue weighted by atomic mass is 9.86. The molecule has 4 heteroatoms. The van der Waals surface area contributed by atoms with Gasteiger partial charge in [-0.25, -0.2) is 9.59 Å². The molecule has 5 aromatic carbocycles. The van der Waals surface area contributed by atoms with Gasteiger partial charge in [-0.15, -0.1) is 0 Å². The Balaban J connectivity index is 2.18. The Kier molecular flexibility index (Phi) is 4.14. The van der Waals surface area contributed by atoms with Gasteiger partial charge in [-0.1, -0.05) is 72.8 Å². The second-order valence-corrected chi connectivity index (χ2v) is 7.15. The fraction of sp³-hybridized carbons (Fsp3) is 0.0769. The van der Waals surface area contributed by atoms with E-state index in [9.17, 15) is 9.59 Å². The maximum absolute atomic E-state index is 13.1. The standard InChI is InChI=1S/C26H18O4/c1-29-25(27)23-21-17-9-5-3-7-15(17)11-13-19(21)20-14-12-16-8-4-6-10-18(16)22(20)24(23)26(28)30-2/h3-14H,1-2H3. The molecule has 146 valence electrons. The van der Waals surface area contributed by atoms with E-state index in [2.05, 4.69) is 0 Å². The Hall–Kier alpha value is -3.92. The number of methoxy groups -OCH3 is 2. The third-order valence-corrected chi connectivity index (χ3v) is 5.68. The lowest BCUT2D eigenvalue weighted by Gasteiger charge is -2.18. The summed E-state index contributed by atoms with van der Waals surface area (Å²) < 4.78 is 10.3. The molecule has 0 saturated heterocycles. The number of rotatable bonds is 2. The Bertz CT molecular complexity index is 1380. The number of carbonyl (C=O) groups excluding carboxylic acids is 2. The molecule has 0 spiro atoms. The smallest absolute Gasteiger partial charge is 0.339 e. The summed E-state index contributed by atoms with van der Waals surface area (Å²) in [6, 6.07) is 23.7. The van der Waals surface area contributed by atoms with E-state index in [0.717, 1.165) is 32.3 Å². The molecule has 0 aliphatic heterocycles. The second-order valence-electron chi connectivity index (χ2n) is 7.15. The third kappa shape index (κ3) is 2.47. The first-order valence-corrected chi connectivity index (χ1v) is 9.61. The van der Waals surface area contributed by atoms with Crippen molar-refractivity contribution in [2.75, 3.05) is 14.2 Å². The van der Waals surface area contributed by atoms with Crippen LogP contribution in [0.1, 0.15) is 20.7 Å². The first-order chi connectivity index (χ1) is 14.7. The predicted molar refractivity (Wildman–Crippen MR) is 119 cm³/mol. The van der Waals surface area contributed by atoms with E-state index in [0.29, 0.717) is 10.8 Å². The van der Waals surface area contributed by atoms with Gasteiger partial charge in [0.1, 0.15) is 0 Å². The van der Waals surface area contributed by atoms with Gasteiger partial charge in [0.15, 0.2) is 0 Å². The molecule has 0 N–H and O–H groups in total. The number of hydrogen-bond donors (Lipinski definition) is 0. The van der Waals surface area contributed by atoms with Crippen molar-refractivity contribution in [3.63, 3.8) is 0 Å². The Labute approximate surface area is 172 Å². The highest BCUT2D eigenvalue weighted by molar-refractivity contribution is 6.33. The summed E-state index contributed by atoms with van der Waals surface area (Å²) in [4.78, 5) is 26.1. The highest BCUT2D eigenvalue weighted by Gasteiger charge is 2.27. The SMILES string of the molecule is COC(=O)c1c(C(=O)OC)c2c3ccccc3ccc2c2ccc3ccccc3c12. The van der Waals surface area contributed by atoms with Crippen LogP contribution in [0.3, 0.4) is 0 Å². The van der Waals surface area contributed by atoms with Crippen molar-refractivity contribution in [3.8, 4) is 0 Å². The fourth-order valence-electron chi connectivity index (χ4n) is 4.39. The predicted octanol–water partition coefficient (Wildman–Crippen LogP) is 5.87. The second kappa shape index (κ2) is 6.85. The van der Waals surface area contributed by atoms with Crippen LogP contribution in [0.2, 0.25) is 0 Å². The first-order valence-electron chi connectivity index (χ1n) is 9.61. The summed E-state index contributed by atoms with van der Waals surface area (Å²) in [5.41, 5.74) is 0.472. The quantitative estimate of drug-likeness (QED) is 0.277. The molecular formula is C26H18O4. The minimum absolute atomic E-state index is 0.236. The summed E-state index contributed by atoms with van der Waals surface area (Å²) in [5.74, 6) is -1.13. The topological polar surface area (TPSA) is 52.6 Å². The summed E-state index contributed by atoms with van der Waals surface area (Å²) in [6.07, 6.45) is 0. The number of ether oxygens (including phenoxy) is 2. The van der Waals surface area contributed by atoms with Crippen LogP contribution in [-0.2, 0) is 9.47 Å². The van der Waals surface area contributed by atoms with Crippen LogP contribution in [0.5, 0.6) is 0 Å². The average Bonchev–Trinajstić information content (AvgIpc) is 2.81. The molecule has 0 aliphatic rings. The maximum atomic E-state index is 13.1. The van der Waals surface area contributed by atoms with Crippen molar-refractivity contribution in [2.45, 2.75) is 0 Å². The maximum Gasteiger partial charge on any atom is 0.339 e. The number of benzene rings is 5. The molecule has 0 aromatic heterocycles. The van der Waals surface area contributed by atoms with Crippen molar-refractivity contribution < 1.29 is 19.1 Å². The number of fused-ring (bicyclic) bond motifs is 7. The van der Waals surface area contributed by atoms with E-state index < -0.39 is 11.9 Å². The van der Waals surface area contributed by atoms with E-state index in [-0.39, 0.29) is 11.1 Å². The number of hydrogen-bond acceptors (Lipinski definition) is 4. The number of carbonyl (C=O) groups is 2. The molecule has 4 nitrogen and oxygen atoms in total. The molecule has 0 bridgehead atoms. The number of esters is 2. The average molecular weight is 394 g/mol. The van der Waals surface area contributed by atoms with Gasteiger partial charge < -0.3 is 9.47 Å². The van der Waals surface area contributed by atoms with E-state index in [4.69, 9.17) is 9.47 Å². The van der Waals surface area contributed by atoms with Crippen molar-refractivity contribution in [2.24, 2.45) is 0 Å². The summed E-state index contributed by atoms with van der Waals surface area (Å²) >= 11 is 0. The van der Waals surface area contributed by atoms with Crippen LogP contribution in [0, 0.1) is 0 Å². The van der Waals surface area contributed by atoms with Gasteiger partial charge in [0.2, 0.25) is 0 Å². The van der Waals surface area contributed by atoms with Crippen LogP contribution in [0.15, 0.2) is 72.8 Å². The zero-order valence-electron chi connectivity index (χ0n) is 16.6. The third-order valence-electron chi connectivity index (χ3n) is 5.68. The van der Waals surface area contributed by atoms with Gasteiger partial charge in [-0.2, -0.15) is 0 Å². The summed E-state index contributed by atoms with van der Waals surface area (Å²) in [5, 5.41) is 6.90. The largest absolute Gasteiger partial charge is 0.465 e. The van der Waals surface area contributed by atoms with Crippen LogP contribution in [-0.4, -0.2) is 26.2 Å². The molecule has 0 saturated carbocycles. The molecule has 0 radical (unpaired) electrons. The lowest BCUT2D eigenvalue weighted by molar-refractivity contribution is 0.0559. The van der Waals surface area contributed by atoms with Gasteiger partial charge in [-0.3, -0.25) is 0 Å². The van der Waals surface area contributed by atoms with Crippen LogP contribution >= 0.6 is 0 Å². The molecule has 0 atom stereocenters. The zero-order chi connectivity index (χ0) is 20.8. The van der Waals surface area contributed by atoms with E-state index in [1.807, 2.05) is 72.8 Å². The van der Waals surface area contributed by atoms with Crippen molar-refractivity contribution in [1.82, 2.24) is 0 Å². The molecule has 0 unspecified atom stereocenters. The summed E-state index contributed by atoms with van der Waals surface area (Å²) in [7, 11) is 2.65. The normalized spacial score (nSPS) is 11.3. The molecule has 5 aromatic rings. The van der Waals surface area contributed by atoms with Crippen LogP contribution < -0.4 is 0 Å². The molecule has 0 aliphatic carbocycles.